The van der Waals surface area contributed by atoms with Gasteiger partial charge in [-0.3, -0.25) is 19.8 Å². The van der Waals surface area contributed by atoms with Gasteiger partial charge in [-0.2, -0.15) is 5.26 Å². The van der Waals surface area contributed by atoms with Crippen molar-refractivity contribution in [2.45, 2.75) is 5.41 Å². The van der Waals surface area contributed by atoms with Gasteiger partial charge in [-0.25, -0.2) is 4.79 Å². The molecule has 3 aromatic carbocycles. The van der Waals surface area contributed by atoms with Crippen LogP contribution in [0.4, 0.5) is 4.79 Å². The van der Waals surface area contributed by atoms with Gasteiger partial charge >= 0.3 is 6.03 Å². The molecular weight excluding hydrogens is 450 g/mol. The molecule has 6 heteroatoms. The monoisotopic (exact) mass is 471 g/mol. The number of nitrogens with zero attached hydrogens (tertiary/aromatic N) is 2. The Hall–Kier alpha value is -5.02. The van der Waals surface area contributed by atoms with Crippen molar-refractivity contribution in [3.05, 3.63) is 131 Å². The van der Waals surface area contributed by atoms with Crippen LogP contribution in [0.3, 0.4) is 0 Å². The number of barbiturate groups is 1. The second-order valence-electron chi connectivity index (χ2n) is 8.53. The van der Waals surface area contributed by atoms with E-state index in [1.54, 1.807) is 12.2 Å². The van der Waals surface area contributed by atoms with E-state index in [0.29, 0.717) is 16.7 Å². The molecule has 2 aliphatic rings. The number of rotatable bonds is 3. The molecule has 6 nitrogen and oxygen atoms in total. The maximum atomic E-state index is 13.1. The van der Waals surface area contributed by atoms with Gasteiger partial charge in [-0.1, -0.05) is 91.0 Å². The normalized spacial score (nSPS) is 19.9. The number of amides is 4. The molecule has 0 radical (unpaired) electrons. The van der Waals surface area contributed by atoms with Crippen LogP contribution in [0.1, 0.15) is 16.7 Å². The first-order valence-corrected chi connectivity index (χ1v) is 11.4. The molecule has 174 valence electrons. The fourth-order valence-corrected chi connectivity index (χ4v) is 4.73. The van der Waals surface area contributed by atoms with Crippen LogP contribution in [0.2, 0.25) is 0 Å². The van der Waals surface area contributed by atoms with E-state index in [1.807, 2.05) is 91.0 Å². The number of imide groups is 2. The summed E-state index contributed by atoms with van der Waals surface area (Å²) in [6, 6.07) is 30.1. The Morgan fingerprint density at radius 1 is 0.750 bits per heavy atom. The summed E-state index contributed by atoms with van der Waals surface area (Å²) >= 11 is 0. The highest BCUT2D eigenvalue weighted by atomic mass is 16.2. The molecule has 0 aromatic heterocycles. The smallest absolute Gasteiger partial charge is 0.273 e. The van der Waals surface area contributed by atoms with Crippen molar-refractivity contribution in [2.75, 3.05) is 7.05 Å². The first kappa shape index (κ1) is 22.8. The van der Waals surface area contributed by atoms with Crippen molar-refractivity contribution in [3.63, 3.8) is 0 Å². The van der Waals surface area contributed by atoms with Crippen LogP contribution in [0.5, 0.6) is 0 Å². The largest absolute Gasteiger partial charge is 0.331 e. The van der Waals surface area contributed by atoms with E-state index in [2.05, 4.69) is 11.4 Å². The second-order valence-corrected chi connectivity index (χ2v) is 8.53. The van der Waals surface area contributed by atoms with Crippen molar-refractivity contribution in [1.82, 2.24) is 10.2 Å². The third-order valence-corrected chi connectivity index (χ3v) is 6.51. The van der Waals surface area contributed by atoms with E-state index in [9.17, 15) is 19.6 Å². The molecule has 1 aliphatic heterocycles. The zero-order chi connectivity index (χ0) is 25.3. The minimum absolute atomic E-state index is 0.154. The third kappa shape index (κ3) is 3.55. The number of urea groups is 1. The van der Waals surface area contributed by atoms with Crippen LogP contribution in [0.15, 0.2) is 114 Å². The first-order chi connectivity index (χ1) is 17.5. The zero-order valence-corrected chi connectivity index (χ0v) is 19.4. The molecule has 4 amide bonds. The summed E-state index contributed by atoms with van der Waals surface area (Å²) in [5, 5.41) is 13.1. The number of nitriles is 1. The first-order valence-electron chi connectivity index (χ1n) is 11.4. The van der Waals surface area contributed by atoms with Crippen molar-refractivity contribution in [1.29, 1.82) is 5.26 Å². The number of benzene rings is 3. The maximum Gasteiger partial charge on any atom is 0.331 e. The standard InChI is InChI=1S/C30H21N3O3/c1-33-28(35)26(27(34)32-29(33)36)22-17-24(20-11-5-2-6-12-20)30(19-31,23-15-9-4-10-16-23)25(18-22)21-13-7-3-8-14-21/h2-18H,1H3,(H,32,34,36). The van der Waals surface area contributed by atoms with Crippen LogP contribution in [-0.2, 0) is 15.0 Å². The number of carbonyl (C=O) groups is 3. The number of nitrogens with one attached hydrogen (secondary N) is 1. The lowest BCUT2D eigenvalue weighted by Gasteiger charge is -2.37. The van der Waals surface area contributed by atoms with Crippen molar-refractivity contribution in [2.24, 2.45) is 0 Å². The summed E-state index contributed by atoms with van der Waals surface area (Å²) in [5.74, 6) is -1.47. The second kappa shape index (κ2) is 8.97. The highest BCUT2D eigenvalue weighted by Crippen LogP contribution is 2.51. The highest BCUT2D eigenvalue weighted by Gasteiger charge is 2.45. The molecule has 3 aromatic rings. The van der Waals surface area contributed by atoms with Crippen LogP contribution in [-0.4, -0.2) is 29.8 Å². The Bertz CT molecular complexity index is 1450. The van der Waals surface area contributed by atoms with Gasteiger partial charge in [0.1, 0.15) is 11.0 Å². The Labute approximate surface area is 208 Å². The Balaban J connectivity index is 1.90. The predicted molar refractivity (Wildman–Crippen MR) is 136 cm³/mol. The summed E-state index contributed by atoms with van der Waals surface area (Å²) in [5.41, 5.74) is 2.50. The number of hydrogen-bond acceptors (Lipinski definition) is 4. The summed E-state index contributed by atoms with van der Waals surface area (Å²) < 4.78 is 0. The highest BCUT2D eigenvalue weighted by molar-refractivity contribution is 6.30. The van der Waals surface area contributed by atoms with E-state index in [0.717, 1.165) is 21.6 Å². The molecule has 1 N–H and O–H groups in total. The van der Waals surface area contributed by atoms with E-state index in [1.165, 1.54) is 7.05 Å². The third-order valence-electron chi connectivity index (χ3n) is 6.51. The minimum Gasteiger partial charge on any atom is -0.273 e. The summed E-state index contributed by atoms with van der Waals surface area (Å²) in [4.78, 5) is 38.9. The zero-order valence-electron chi connectivity index (χ0n) is 19.4. The van der Waals surface area contributed by atoms with Crippen LogP contribution >= 0.6 is 0 Å². The SMILES string of the molecule is CN1C(=O)NC(=O)C(=C2C=C(c3ccccc3)C(C#N)(c3ccccc3)C(c3ccccc3)=C2)C1=O. The van der Waals surface area contributed by atoms with Crippen LogP contribution < -0.4 is 5.32 Å². The molecule has 0 bridgehead atoms. The van der Waals surface area contributed by atoms with E-state index < -0.39 is 23.3 Å². The van der Waals surface area contributed by atoms with Gasteiger partial charge in [-0.15, -0.1) is 0 Å². The van der Waals surface area contributed by atoms with Crippen molar-refractivity contribution >= 4 is 29.0 Å². The van der Waals surface area contributed by atoms with Crippen molar-refractivity contribution in [3.8, 4) is 6.07 Å². The molecule has 0 unspecified atom stereocenters. The molecule has 1 saturated heterocycles. The minimum atomic E-state index is -1.23. The summed E-state index contributed by atoms with van der Waals surface area (Å²) in [7, 11) is 1.32. The molecule has 0 spiro atoms. The Morgan fingerprint density at radius 3 is 1.69 bits per heavy atom. The van der Waals surface area contributed by atoms with Gasteiger partial charge < -0.3 is 0 Å². The van der Waals surface area contributed by atoms with Gasteiger partial charge in [0.15, 0.2) is 0 Å². The maximum absolute atomic E-state index is 13.1. The molecule has 36 heavy (non-hydrogen) atoms. The molecule has 1 heterocycles. The predicted octanol–water partition coefficient (Wildman–Crippen LogP) is 4.63. The van der Waals surface area contributed by atoms with Crippen LogP contribution in [0.25, 0.3) is 11.1 Å². The van der Waals surface area contributed by atoms with Gasteiger partial charge in [-0.05, 0) is 45.6 Å². The number of hydrogen-bond donors (Lipinski definition) is 1. The van der Waals surface area contributed by atoms with E-state index in [-0.39, 0.29) is 5.57 Å². The Morgan fingerprint density at radius 2 is 1.22 bits per heavy atom. The summed E-state index contributed by atoms with van der Waals surface area (Å²) in [6.07, 6.45) is 3.43. The van der Waals surface area contributed by atoms with Gasteiger partial charge in [0.25, 0.3) is 11.8 Å². The molecule has 0 atom stereocenters. The van der Waals surface area contributed by atoms with Gasteiger partial charge in [0.05, 0.1) is 6.07 Å². The van der Waals surface area contributed by atoms with Gasteiger partial charge in [0.2, 0.25) is 0 Å². The lowest BCUT2D eigenvalue weighted by atomic mass is 9.62. The molecule has 1 fully saturated rings. The lowest BCUT2D eigenvalue weighted by Crippen LogP contribution is -2.52. The topological polar surface area (TPSA) is 90.3 Å². The molecule has 0 saturated carbocycles. The molecular formula is C30H21N3O3. The fraction of sp³-hybridized carbons (Fsp3) is 0.0667. The lowest BCUT2D eigenvalue weighted by molar-refractivity contribution is -0.129. The van der Waals surface area contributed by atoms with E-state index >= 15 is 0 Å². The van der Waals surface area contributed by atoms with Gasteiger partial charge in [0, 0.05) is 7.05 Å². The van der Waals surface area contributed by atoms with E-state index in [4.69, 9.17) is 0 Å². The number of carbonyl (C=O) groups excluding carboxylic acids is 3. The molecule has 1 aliphatic carbocycles. The Kier molecular flexibility index (Phi) is 5.67. The van der Waals surface area contributed by atoms with Crippen LogP contribution in [0, 0.1) is 11.3 Å². The average Bonchev–Trinajstić information content (AvgIpc) is 2.93. The quantitative estimate of drug-likeness (QED) is 0.445. The fourth-order valence-electron chi connectivity index (χ4n) is 4.73. The van der Waals surface area contributed by atoms with Crippen molar-refractivity contribution < 1.29 is 14.4 Å². The molecule has 5 rings (SSSR count). The average molecular weight is 472 g/mol. The number of likely N-dealkylation sites (N-methyl/N-ethyl adjacent to an activating group) is 1. The summed E-state index contributed by atoms with van der Waals surface area (Å²) in [6.45, 7) is 0. The number of allylic oxidation sites excluding steroid dienone is 5.